The summed E-state index contributed by atoms with van der Waals surface area (Å²) in [5.41, 5.74) is 5.63. The molecule has 0 heterocycles. The molecule has 2 heteroatoms. The Morgan fingerprint density at radius 2 is 2.13 bits per heavy atom. The number of hydrogen-bond donors (Lipinski definition) is 0. The Morgan fingerprint density at radius 1 is 1.47 bits per heavy atom. The quantitative estimate of drug-likeness (QED) is 0.403. The third-order valence-electron chi connectivity index (χ3n) is 2.70. The van der Waals surface area contributed by atoms with Crippen LogP contribution >= 0.6 is 0 Å². The molecule has 0 spiro atoms. The van der Waals surface area contributed by atoms with Gasteiger partial charge in [0.25, 0.3) is 0 Å². The van der Waals surface area contributed by atoms with E-state index in [4.69, 9.17) is 4.74 Å². The molecule has 0 bridgehead atoms. The van der Waals surface area contributed by atoms with E-state index in [1.807, 2.05) is 0 Å². The van der Waals surface area contributed by atoms with Gasteiger partial charge in [0.2, 0.25) is 0 Å². The molecule has 0 aliphatic heterocycles. The van der Waals surface area contributed by atoms with Crippen LogP contribution in [0.2, 0.25) is 0 Å². The number of allylic oxidation sites excluding steroid dienone is 1. The lowest BCUT2D eigenvalue weighted by atomic mass is 9.88. The summed E-state index contributed by atoms with van der Waals surface area (Å²) in [6.45, 7) is 7.86. The Labute approximate surface area is 91.3 Å². The molecule has 0 atom stereocenters. The summed E-state index contributed by atoms with van der Waals surface area (Å²) in [5, 5.41) is 0. The van der Waals surface area contributed by atoms with E-state index < -0.39 is 0 Å². The summed E-state index contributed by atoms with van der Waals surface area (Å²) in [6, 6.07) is 0. The topological polar surface area (TPSA) is 26.3 Å². The van der Waals surface area contributed by atoms with Crippen LogP contribution in [0.3, 0.4) is 0 Å². The van der Waals surface area contributed by atoms with Crippen molar-refractivity contribution in [2.45, 2.75) is 39.5 Å². The number of carbonyl (C=O) groups excluding carboxylic acids is 1. The largest absolute Gasteiger partial charge is 0.462 e. The lowest BCUT2D eigenvalue weighted by Gasteiger charge is -2.18. The number of rotatable bonds is 3. The zero-order valence-electron chi connectivity index (χ0n) is 9.56. The highest BCUT2D eigenvalue weighted by Gasteiger charge is 2.19. The highest BCUT2D eigenvalue weighted by Crippen LogP contribution is 2.29. The second kappa shape index (κ2) is 5.57. The maximum absolute atomic E-state index is 11.6. The van der Waals surface area contributed by atoms with Gasteiger partial charge in [0, 0.05) is 0 Å². The summed E-state index contributed by atoms with van der Waals surface area (Å²) in [4.78, 5) is 11.6. The Kier molecular flexibility index (Phi) is 4.38. The second-order valence-electron chi connectivity index (χ2n) is 3.74. The minimum absolute atomic E-state index is 0.288. The van der Waals surface area contributed by atoms with Crippen LogP contribution < -0.4 is 0 Å². The Morgan fingerprint density at radius 3 is 2.67 bits per heavy atom. The number of ether oxygens (including phenoxy) is 1. The summed E-state index contributed by atoms with van der Waals surface area (Å²) >= 11 is 0. The van der Waals surface area contributed by atoms with Gasteiger partial charge in [0.15, 0.2) is 0 Å². The van der Waals surface area contributed by atoms with Gasteiger partial charge in [-0.3, -0.25) is 0 Å². The zero-order chi connectivity index (χ0) is 11.3. The lowest BCUT2D eigenvalue weighted by molar-refractivity contribution is -0.138. The highest BCUT2D eigenvalue weighted by molar-refractivity contribution is 5.93. The molecule has 0 saturated heterocycles. The minimum atomic E-state index is -0.288. The third kappa shape index (κ3) is 2.84. The SMILES string of the molecule is C=C=C(C(=O)OCC)C1=C(C)CCCC1. The molecule has 0 radical (unpaired) electrons. The van der Waals surface area contributed by atoms with Crippen molar-refractivity contribution in [3.8, 4) is 0 Å². The second-order valence-corrected chi connectivity index (χ2v) is 3.74. The molecule has 0 fully saturated rings. The average molecular weight is 206 g/mol. The predicted octanol–water partition coefficient (Wildman–Crippen LogP) is 3.15. The van der Waals surface area contributed by atoms with Gasteiger partial charge < -0.3 is 4.74 Å². The van der Waals surface area contributed by atoms with Crippen molar-refractivity contribution in [2.24, 2.45) is 0 Å². The summed E-state index contributed by atoms with van der Waals surface area (Å²) in [6.07, 6.45) is 4.36. The minimum Gasteiger partial charge on any atom is -0.462 e. The fraction of sp³-hybridized carbons (Fsp3) is 0.538. The van der Waals surface area contributed by atoms with Gasteiger partial charge in [-0.1, -0.05) is 12.2 Å². The molecule has 0 aromatic carbocycles. The van der Waals surface area contributed by atoms with E-state index in [0.717, 1.165) is 24.8 Å². The molecule has 0 unspecified atom stereocenters. The summed E-state index contributed by atoms with van der Waals surface area (Å²) in [7, 11) is 0. The zero-order valence-corrected chi connectivity index (χ0v) is 9.56. The molecule has 1 aliphatic carbocycles. The summed E-state index contributed by atoms with van der Waals surface area (Å²) in [5.74, 6) is -0.288. The Hall–Kier alpha value is -1.27. The normalized spacial score (nSPS) is 15.9. The van der Waals surface area contributed by atoms with E-state index in [0.29, 0.717) is 12.2 Å². The fourth-order valence-corrected chi connectivity index (χ4v) is 1.90. The van der Waals surface area contributed by atoms with Crippen molar-refractivity contribution in [3.63, 3.8) is 0 Å². The number of hydrogen-bond acceptors (Lipinski definition) is 2. The number of carbonyl (C=O) groups is 1. The van der Waals surface area contributed by atoms with Crippen molar-refractivity contribution >= 4 is 5.97 Å². The van der Waals surface area contributed by atoms with Crippen molar-refractivity contribution in [1.29, 1.82) is 0 Å². The van der Waals surface area contributed by atoms with Gasteiger partial charge in [-0.15, -0.1) is 5.73 Å². The van der Waals surface area contributed by atoms with E-state index in [1.165, 1.54) is 12.0 Å². The van der Waals surface area contributed by atoms with E-state index >= 15 is 0 Å². The molecular formula is C13H18O2. The van der Waals surface area contributed by atoms with E-state index in [-0.39, 0.29) is 5.97 Å². The molecule has 0 aromatic rings. The van der Waals surface area contributed by atoms with Crippen LogP contribution in [-0.2, 0) is 9.53 Å². The molecule has 82 valence electrons. The van der Waals surface area contributed by atoms with Crippen molar-refractivity contribution < 1.29 is 9.53 Å². The molecule has 0 aromatic heterocycles. The van der Waals surface area contributed by atoms with Gasteiger partial charge in [0.1, 0.15) is 5.57 Å². The lowest BCUT2D eigenvalue weighted by Crippen LogP contribution is -2.12. The van der Waals surface area contributed by atoms with Gasteiger partial charge >= 0.3 is 5.97 Å². The Balaban J connectivity index is 2.93. The molecule has 15 heavy (non-hydrogen) atoms. The van der Waals surface area contributed by atoms with Gasteiger partial charge in [0.05, 0.1) is 6.61 Å². The molecule has 1 aliphatic rings. The average Bonchev–Trinajstić information content (AvgIpc) is 2.22. The first-order valence-electron chi connectivity index (χ1n) is 5.46. The van der Waals surface area contributed by atoms with Crippen molar-refractivity contribution in [3.05, 3.63) is 29.0 Å². The third-order valence-corrected chi connectivity index (χ3v) is 2.70. The fourth-order valence-electron chi connectivity index (χ4n) is 1.90. The molecule has 2 nitrogen and oxygen atoms in total. The van der Waals surface area contributed by atoms with Crippen molar-refractivity contribution in [1.82, 2.24) is 0 Å². The van der Waals surface area contributed by atoms with Crippen LogP contribution in [0.5, 0.6) is 0 Å². The molecule has 1 rings (SSSR count). The monoisotopic (exact) mass is 206 g/mol. The molecule has 0 amide bonds. The highest BCUT2D eigenvalue weighted by atomic mass is 16.5. The molecular weight excluding hydrogens is 188 g/mol. The van der Waals surface area contributed by atoms with Gasteiger partial charge in [-0.05, 0) is 45.1 Å². The standard InChI is InChI=1S/C13H18O2/c1-4-11(13(14)15-5-2)12-9-7-6-8-10(12)3/h1,5-9H2,2-3H3. The predicted molar refractivity (Wildman–Crippen MR) is 60.5 cm³/mol. The van der Waals surface area contributed by atoms with Gasteiger partial charge in [-0.25, -0.2) is 4.79 Å². The van der Waals surface area contributed by atoms with Crippen LogP contribution in [0.1, 0.15) is 39.5 Å². The van der Waals surface area contributed by atoms with Crippen molar-refractivity contribution in [2.75, 3.05) is 6.61 Å². The van der Waals surface area contributed by atoms with Crippen LogP contribution in [0, 0.1) is 0 Å². The Bertz CT molecular complexity index is 330. The molecule has 0 saturated carbocycles. The van der Waals surface area contributed by atoms with Crippen LogP contribution in [0.15, 0.2) is 29.0 Å². The first kappa shape index (κ1) is 11.8. The smallest absolute Gasteiger partial charge is 0.346 e. The van der Waals surface area contributed by atoms with Crippen LogP contribution in [-0.4, -0.2) is 12.6 Å². The van der Waals surface area contributed by atoms with Gasteiger partial charge in [-0.2, -0.15) is 0 Å². The van der Waals surface area contributed by atoms with E-state index in [2.05, 4.69) is 19.2 Å². The van der Waals surface area contributed by atoms with E-state index in [1.54, 1.807) is 6.92 Å². The number of esters is 1. The van der Waals surface area contributed by atoms with Crippen LogP contribution in [0.4, 0.5) is 0 Å². The molecule has 0 N–H and O–H groups in total. The maximum atomic E-state index is 11.6. The first-order valence-corrected chi connectivity index (χ1v) is 5.46. The summed E-state index contributed by atoms with van der Waals surface area (Å²) < 4.78 is 4.98. The van der Waals surface area contributed by atoms with Crippen LogP contribution in [0.25, 0.3) is 0 Å². The first-order chi connectivity index (χ1) is 7.20. The van der Waals surface area contributed by atoms with E-state index in [9.17, 15) is 4.79 Å². The maximum Gasteiger partial charge on any atom is 0.346 e.